The number of nitrogens with one attached hydrogen (secondary N) is 1. The van der Waals surface area contributed by atoms with E-state index in [4.69, 9.17) is 16.3 Å². The van der Waals surface area contributed by atoms with Crippen molar-refractivity contribution in [2.75, 3.05) is 12.4 Å². The highest BCUT2D eigenvalue weighted by atomic mass is 35.5. The van der Waals surface area contributed by atoms with Gasteiger partial charge in [0, 0.05) is 17.0 Å². The maximum atomic E-state index is 11.3. The van der Waals surface area contributed by atoms with Gasteiger partial charge >= 0.3 is 0 Å². The largest absolute Gasteiger partial charge is 0.494 e. The summed E-state index contributed by atoms with van der Waals surface area (Å²) in [4.78, 5) is 10.9. The number of rotatable bonds is 3. The van der Waals surface area contributed by atoms with Crippen molar-refractivity contribution in [2.45, 2.75) is 18.4 Å². The fourth-order valence-electron chi connectivity index (χ4n) is 3.95. The van der Waals surface area contributed by atoms with Gasteiger partial charge in [-0.3, -0.25) is 10.1 Å². The molecule has 1 N–H and O–H groups in total. The second kappa shape index (κ2) is 6.08. The summed E-state index contributed by atoms with van der Waals surface area (Å²) in [6.45, 7) is 0. The number of hydrogen-bond donors (Lipinski definition) is 1. The van der Waals surface area contributed by atoms with Crippen molar-refractivity contribution < 1.29 is 9.66 Å². The normalized spacial score (nSPS) is 23.5. The van der Waals surface area contributed by atoms with E-state index in [9.17, 15) is 10.1 Å². The predicted molar refractivity (Wildman–Crippen MR) is 97.5 cm³/mol. The Labute approximate surface area is 150 Å². The number of allylic oxidation sites excluding steroid dienone is 2. The number of fused-ring (bicyclic) bond motifs is 3. The van der Waals surface area contributed by atoms with Gasteiger partial charge in [0.25, 0.3) is 5.69 Å². The molecular weight excluding hydrogens is 340 g/mol. The smallest absolute Gasteiger partial charge is 0.273 e. The summed E-state index contributed by atoms with van der Waals surface area (Å²) in [5.74, 6) is 0.904. The van der Waals surface area contributed by atoms with Crippen molar-refractivity contribution in [3.63, 3.8) is 0 Å². The molecule has 128 valence electrons. The maximum Gasteiger partial charge on any atom is 0.273 e. The van der Waals surface area contributed by atoms with E-state index in [-0.39, 0.29) is 28.5 Å². The first-order valence-electron chi connectivity index (χ1n) is 8.13. The Morgan fingerprint density at radius 3 is 2.88 bits per heavy atom. The third-order valence-corrected chi connectivity index (χ3v) is 5.29. The zero-order valence-corrected chi connectivity index (χ0v) is 14.4. The molecule has 1 aliphatic carbocycles. The van der Waals surface area contributed by atoms with Crippen LogP contribution in [0.2, 0.25) is 5.02 Å². The summed E-state index contributed by atoms with van der Waals surface area (Å²) in [6, 6.07) is 11.0. The molecule has 0 aromatic heterocycles. The van der Waals surface area contributed by atoms with Crippen LogP contribution in [-0.4, -0.2) is 12.0 Å². The third-order valence-electron chi connectivity index (χ3n) is 5.06. The summed E-state index contributed by atoms with van der Waals surface area (Å²) in [6.07, 6.45) is 5.21. The number of benzene rings is 2. The van der Waals surface area contributed by atoms with Crippen LogP contribution in [0.25, 0.3) is 0 Å². The molecule has 0 saturated heterocycles. The van der Waals surface area contributed by atoms with E-state index in [0.29, 0.717) is 10.8 Å². The molecule has 2 aliphatic rings. The first-order valence-corrected chi connectivity index (χ1v) is 8.51. The van der Waals surface area contributed by atoms with Crippen LogP contribution in [0.1, 0.15) is 29.5 Å². The number of anilines is 1. The molecule has 0 spiro atoms. The van der Waals surface area contributed by atoms with E-state index in [0.717, 1.165) is 23.2 Å². The van der Waals surface area contributed by atoms with Crippen LogP contribution in [0.3, 0.4) is 0 Å². The molecule has 5 nitrogen and oxygen atoms in total. The van der Waals surface area contributed by atoms with Gasteiger partial charge in [-0.05, 0) is 35.6 Å². The first kappa shape index (κ1) is 16.0. The lowest BCUT2D eigenvalue weighted by Gasteiger charge is -2.38. The van der Waals surface area contributed by atoms with Crippen molar-refractivity contribution in [3.8, 4) is 5.75 Å². The molecule has 0 bridgehead atoms. The zero-order chi connectivity index (χ0) is 17.6. The molecule has 1 aliphatic heterocycles. The minimum atomic E-state index is -0.375. The molecule has 1 heterocycles. The number of hydrogen-bond acceptors (Lipinski definition) is 4. The van der Waals surface area contributed by atoms with Gasteiger partial charge in [0.05, 0.1) is 29.8 Å². The molecule has 25 heavy (non-hydrogen) atoms. The van der Waals surface area contributed by atoms with Gasteiger partial charge in [0.1, 0.15) is 5.75 Å². The number of nitro groups is 1. The highest BCUT2D eigenvalue weighted by Gasteiger charge is 2.40. The van der Waals surface area contributed by atoms with Crippen LogP contribution in [0.5, 0.6) is 5.75 Å². The number of halogens is 1. The van der Waals surface area contributed by atoms with Crippen LogP contribution in [-0.2, 0) is 0 Å². The van der Waals surface area contributed by atoms with Crippen LogP contribution >= 0.6 is 11.6 Å². The summed E-state index contributed by atoms with van der Waals surface area (Å²) < 4.78 is 5.44. The topological polar surface area (TPSA) is 64.4 Å². The monoisotopic (exact) mass is 356 g/mol. The summed E-state index contributed by atoms with van der Waals surface area (Å²) in [5, 5.41) is 15.5. The van der Waals surface area contributed by atoms with Crippen molar-refractivity contribution in [1.29, 1.82) is 0 Å². The lowest BCUT2D eigenvalue weighted by atomic mass is 9.76. The average Bonchev–Trinajstić information content (AvgIpc) is 3.10. The van der Waals surface area contributed by atoms with E-state index >= 15 is 0 Å². The van der Waals surface area contributed by atoms with Crippen molar-refractivity contribution in [1.82, 2.24) is 0 Å². The molecule has 0 fully saturated rings. The zero-order valence-electron chi connectivity index (χ0n) is 13.6. The quantitative estimate of drug-likeness (QED) is 0.473. The second-order valence-electron chi connectivity index (χ2n) is 6.40. The molecule has 0 radical (unpaired) electrons. The molecule has 3 atom stereocenters. The molecule has 0 amide bonds. The Morgan fingerprint density at radius 1 is 1.32 bits per heavy atom. The van der Waals surface area contributed by atoms with Gasteiger partial charge in [0.2, 0.25) is 0 Å². The maximum absolute atomic E-state index is 11.3. The standard InChI is InChI=1S/C19H17ClN2O3/c1-25-17-10-13(22(23)24)9-16-14-6-3-7-15(14)18(21-19(16)17)11-4-2-5-12(20)8-11/h2-6,8-10,14-15,18,21H,7H2,1H3/t14-,15+,18+/m1/s1. The van der Waals surface area contributed by atoms with E-state index in [1.54, 1.807) is 6.07 Å². The predicted octanol–water partition coefficient (Wildman–Crippen LogP) is 5.08. The van der Waals surface area contributed by atoms with Crippen molar-refractivity contribution in [3.05, 3.63) is 74.8 Å². The molecule has 4 rings (SSSR count). The summed E-state index contributed by atoms with van der Waals surface area (Å²) in [7, 11) is 1.53. The second-order valence-corrected chi connectivity index (χ2v) is 6.84. The van der Waals surface area contributed by atoms with Crippen LogP contribution in [0, 0.1) is 16.0 Å². The van der Waals surface area contributed by atoms with Crippen LogP contribution in [0.4, 0.5) is 11.4 Å². The molecule has 0 saturated carbocycles. The van der Waals surface area contributed by atoms with Gasteiger partial charge in [-0.2, -0.15) is 0 Å². The third kappa shape index (κ3) is 2.65. The van der Waals surface area contributed by atoms with E-state index < -0.39 is 0 Å². The van der Waals surface area contributed by atoms with Gasteiger partial charge in [-0.15, -0.1) is 0 Å². The van der Waals surface area contributed by atoms with E-state index in [2.05, 4.69) is 23.5 Å². The van der Waals surface area contributed by atoms with Gasteiger partial charge < -0.3 is 10.1 Å². The lowest BCUT2D eigenvalue weighted by molar-refractivity contribution is -0.385. The highest BCUT2D eigenvalue weighted by molar-refractivity contribution is 6.30. The molecule has 2 aromatic carbocycles. The Bertz CT molecular complexity index is 881. The molecular formula is C19H17ClN2O3. The van der Waals surface area contributed by atoms with Gasteiger partial charge in [-0.25, -0.2) is 0 Å². The summed E-state index contributed by atoms with van der Waals surface area (Å²) >= 11 is 6.18. The lowest BCUT2D eigenvalue weighted by Crippen LogP contribution is -2.29. The number of nitro benzene ring substituents is 1. The fourth-order valence-corrected chi connectivity index (χ4v) is 4.15. The minimum Gasteiger partial charge on any atom is -0.494 e. The van der Waals surface area contributed by atoms with Gasteiger partial charge in [0.15, 0.2) is 0 Å². The Hall–Kier alpha value is -2.53. The number of methoxy groups -OCH3 is 1. The van der Waals surface area contributed by atoms with E-state index in [1.807, 2.05) is 18.2 Å². The minimum absolute atomic E-state index is 0.0534. The summed E-state index contributed by atoms with van der Waals surface area (Å²) in [5.41, 5.74) is 2.91. The van der Waals surface area contributed by atoms with Crippen molar-refractivity contribution >= 4 is 23.0 Å². The SMILES string of the molecule is COc1cc([N+](=O)[O-])cc2c1N[C@@H](c1cccc(Cl)c1)[C@H]1CC=C[C@@H]21. The van der Waals surface area contributed by atoms with E-state index in [1.165, 1.54) is 13.2 Å². The molecule has 0 unspecified atom stereocenters. The Morgan fingerprint density at radius 2 is 2.16 bits per heavy atom. The number of non-ortho nitro benzene ring substituents is 1. The Balaban J connectivity index is 1.85. The van der Waals surface area contributed by atoms with Crippen LogP contribution in [0.15, 0.2) is 48.6 Å². The average molecular weight is 357 g/mol. The fraction of sp³-hybridized carbons (Fsp3) is 0.263. The van der Waals surface area contributed by atoms with Gasteiger partial charge in [-0.1, -0.05) is 35.9 Å². The van der Waals surface area contributed by atoms with Crippen LogP contribution < -0.4 is 10.1 Å². The number of ether oxygens (including phenoxy) is 1. The first-order chi connectivity index (χ1) is 12.1. The molecule has 6 heteroatoms. The van der Waals surface area contributed by atoms with Crippen molar-refractivity contribution in [2.24, 2.45) is 5.92 Å². The molecule has 2 aromatic rings. The number of nitrogens with zero attached hydrogens (tertiary/aromatic N) is 1. The Kier molecular flexibility index (Phi) is 3.88. The highest BCUT2D eigenvalue weighted by Crippen LogP contribution is 2.53.